The highest BCUT2D eigenvalue weighted by Crippen LogP contribution is 2.25. The molecule has 0 atom stereocenters. The van der Waals surface area contributed by atoms with E-state index in [0.29, 0.717) is 33.8 Å². The van der Waals surface area contributed by atoms with Crippen LogP contribution in [0.3, 0.4) is 0 Å². The number of hydrogen-bond donors (Lipinski definition) is 1. The van der Waals surface area contributed by atoms with Crippen molar-refractivity contribution in [2.45, 2.75) is 46.8 Å². The summed E-state index contributed by atoms with van der Waals surface area (Å²) in [6, 6.07) is 9.00. The van der Waals surface area contributed by atoms with E-state index >= 15 is 0 Å². The van der Waals surface area contributed by atoms with Crippen LogP contribution in [0.1, 0.15) is 46.8 Å². The first-order valence-electron chi connectivity index (χ1n) is 8.86. The van der Waals surface area contributed by atoms with E-state index in [-0.39, 0.29) is 11.4 Å². The topological polar surface area (TPSA) is 69.0 Å². The Labute approximate surface area is 173 Å². The van der Waals surface area contributed by atoms with Crippen molar-refractivity contribution in [3.63, 3.8) is 0 Å². The first-order valence-corrected chi connectivity index (χ1v) is 10.1. The van der Waals surface area contributed by atoms with E-state index < -0.39 is 0 Å². The summed E-state index contributed by atoms with van der Waals surface area (Å²) in [5.41, 5.74) is 1.29. The summed E-state index contributed by atoms with van der Waals surface area (Å²) >= 11 is 7.20. The number of carbonyl (C=O) groups excluding carboxylic acids is 1. The highest BCUT2D eigenvalue weighted by molar-refractivity contribution is 7.13. The maximum Gasteiger partial charge on any atom is 0.268 e. The number of rotatable bonds is 5. The lowest BCUT2D eigenvalue weighted by molar-refractivity contribution is 0.102. The number of hydrogen-bond acceptors (Lipinski definition) is 5. The van der Waals surface area contributed by atoms with Gasteiger partial charge in [0.2, 0.25) is 0 Å². The molecule has 1 amide bonds. The minimum absolute atomic E-state index is 0.196. The van der Waals surface area contributed by atoms with Gasteiger partial charge in [0.05, 0.1) is 16.9 Å². The summed E-state index contributed by atoms with van der Waals surface area (Å²) in [7, 11) is 0. The van der Waals surface area contributed by atoms with Crippen LogP contribution in [0, 0.1) is 13.8 Å². The minimum atomic E-state index is -0.239. The van der Waals surface area contributed by atoms with Gasteiger partial charge in [0, 0.05) is 11.1 Å². The fourth-order valence-electron chi connectivity index (χ4n) is 2.67. The van der Waals surface area contributed by atoms with E-state index in [0.717, 1.165) is 10.7 Å². The molecule has 0 spiro atoms. The molecule has 0 bridgehead atoms. The zero-order valence-corrected chi connectivity index (χ0v) is 18.1. The monoisotopic (exact) mass is 418 g/mol. The summed E-state index contributed by atoms with van der Waals surface area (Å²) in [5, 5.41) is 8.84. The molecule has 0 saturated carbocycles. The molecule has 2 aromatic heterocycles. The molecule has 148 valence electrons. The first kappa shape index (κ1) is 20.4. The Kier molecular flexibility index (Phi) is 5.76. The van der Waals surface area contributed by atoms with Gasteiger partial charge in [0.25, 0.3) is 5.91 Å². The second kappa shape index (κ2) is 7.93. The Morgan fingerprint density at radius 3 is 2.57 bits per heavy atom. The van der Waals surface area contributed by atoms with Crippen molar-refractivity contribution in [3.8, 4) is 5.75 Å². The normalized spacial score (nSPS) is 11.5. The van der Waals surface area contributed by atoms with Crippen LogP contribution >= 0.6 is 22.9 Å². The molecule has 0 aliphatic carbocycles. The van der Waals surface area contributed by atoms with E-state index in [1.54, 1.807) is 24.3 Å². The molecule has 0 radical (unpaired) electrons. The second-order valence-electron chi connectivity index (χ2n) is 7.47. The summed E-state index contributed by atoms with van der Waals surface area (Å²) in [4.78, 5) is 17.8. The molecule has 0 unspecified atom stereocenters. The molecule has 0 aliphatic rings. The molecule has 1 N–H and O–H groups in total. The fraction of sp³-hybridized carbons (Fsp3) is 0.350. The highest BCUT2D eigenvalue weighted by Gasteiger charge is 2.22. The van der Waals surface area contributed by atoms with E-state index in [4.69, 9.17) is 16.3 Å². The van der Waals surface area contributed by atoms with Gasteiger partial charge in [-0.05, 0) is 58.9 Å². The lowest BCUT2D eigenvalue weighted by Gasteiger charge is -2.22. The summed E-state index contributed by atoms with van der Waals surface area (Å²) < 4.78 is 7.54. The highest BCUT2D eigenvalue weighted by atomic mass is 35.5. The Bertz CT molecular complexity index is 987. The number of ether oxygens (including phenoxy) is 1. The van der Waals surface area contributed by atoms with Gasteiger partial charge < -0.3 is 10.1 Å². The Hall–Kier alpha value is -2.38. The number of benzene rings is 1. The van der Waals surface area contributed by atoms with Crippen LogP contribution in [0.15, 0.2) is 30.3 Å². The third kappa shape index (κ3) is 4.72. The van der Waals surface area contributed by atoms with Crippen molar-refractivity contribution in [3.05, 3.63) is 56.6 Å². The third-order valence-corrected chi connectivity index (χ3v) is 5.31. The molecular weight excluding hydrogens is 396 g/mol. The van der Waals surface area contributed by atoms with Crippen LogP contribution in [-0.4, -0.2) is 20.7 Å². The van der Waals surface area contributed by atoms with Gasteiger partial charge in [-0.2, -0.15) is 5.10 Å². The fourth-order valence-corrected chi connectivity index (χ4v) is 3.67. The quantitative estimate of drug-likeness (QED) is 0.618. The van der Waals surface area contributed by atoms with Gasteiger partial charge in [0.1, 0.15) is 28.1 Å². The summed E-state index contributed by atoms with van der Waals surface area (Å²) in [5.74, 6) is 1.17. The molecule has 3 aromatic rings. The van der Waals surface area contributed by atoms with Crippen molar-refractivity contribution in [1.29, 1.82) is 0 Å². The van der Waals surface area contributed by atoms with Crippen molar-refractivity contribution >= 4 is 34.7 Å². The lowest BCUT2D eigenvalue weighted by atomic mass is 10.1. The molecule has 3 rings (SSSR count). The van der Waals surface area contributed by atoms with E-state index in [1.165, 1.54) is 11.3 Å². The third-order valence-electron chi connectivity index (χ3n) is 3.93. The van der Waals surface area contributed by atoms with Crippen molar-refractivity contribution < 1.29 is 9.53 Å². The first-order chi connectivity index (χ1) is 13.1. The van der Waals surface area contributed by atoms with Crippen LogP contribution in [0.2, 0.25) is 5.02 Å². The Balaban J connectivity index is 1.72. The Morgan fingerprint density at radius 2 is 1.93 bits per heavy atom. The van der Waals surface area contributed by atoms with Crippen molar-refractivity contribution in [2.24, 2.45) is 0 Å². The number of anilines is 1. The molecule has 0 fully saturated rings. The van der Waals surface area contributed by atoms with Crippen LogP contribution < -0.4 is 10.1 Å². The number of nitrogens with zero attached hydrogens (tertiary/aromatic N) is 3. The molecule has 6 nitrogen and oxygen atoms in total. The molecule has 0 saturated heterocycles. The second-order valence-corrected chi connectivity index (χ2v) is 8.99. The molecule has 0 aliphatic heterocycles. The molecular formula is C20H23ClN4O2S. The largest absolute Gasteiger partial charge is 0.486 e. The van der Waals surface area contributed by atoms with Crippen LogP contribution in [0.5, 0.6) is 5.75 Å². The zero-order valence-electron chi connectivity index (χ0n) is 16.5. The average Bonchev–Trinajstić information content (AvgIpc) is 3.16. The number of aromatic nitrogens is 3. The molecule has 28 heavy (non-hydrogen) atoms. The predicted octanol–water partition coefficient (Wildman–Crippen LogP) is 5.20. The summed E-state index contributed by atoms with van der Waals surface area (Å²) in [6.45, 7) is 10.1. The maximum absolute atomic E-state index is 12.8. The lowest BCUT2D eigenvalue weighted by Crippen LogP contribution is -2.26. The van der Waals surface area contributed by atoms with E-state index in [1.807, 2.05) is 45.4 Å². The number of amides is 1. The standard InChI is InChI=1S/C20H23ClN4O2S/c1-12-10-16(25(24-12)20(3,4)5)23-19(26)18-13(2)22-17(28-18)11-27-15-8-6-14(21)7-9-15/h6-10H,11H2,1-5H3,(H,23,26). The number of thiazole rings is 1. The van der Waals surface area contributed by atoms with E-state index in [2.05, 4.69) is 15.4 Å². The number of aryl methyl sites for hydroxylation is 2. The van der Waals surface area contributed by atoms with Crippen LogP contribution in [0.4, 0.5) is 5.82 Å². The molecule has 2 heterocycles. The van der Waals surface area contributed by atoms with Crippen LogP contribution in [0.25, 0.3) is 0 Å². The minimum Gasteiger partial charge on any atom is -0.486 e. The van der Waals surface area contributed by atoms with Gasteiger partial charge in [-0.1, -0.05) is 11.6 Å². The van der Waals surface area contributed by atoms with Gasteiger partial charge in [0.15, 0.2) is 0 Å². The van der Waals surface area contributed by atoms with Gasteiger partial charge in [-0.3, -0.25) is 4.79 Å². The van der Waals surface area contributed by atoms with Crippen molar-refractivity contribution in [1.82, 2.24) is 14.8 Å². The number of carbonyl (C=O) groups is 1. The van der Waals surface area contributed by atoms with Gasteiger partial charge in [-0.15, -0.1) is 11.3 Å². The number of halogens is 1. The van der Waals surface area contributed by atoms with Gasteiger partial charge >= 0.3 is 0 Å². The zero-order chi connectivity index (χ0) is 20.5. The Morgan fingerprint density at radius 1 is 1.25 bits per heavy atom. The average molecular weight is 419 g/mol. The van der Waals surface area contributed by atoms with Crippen molar-refractivity contribution in [2.75, 3.05) is 5.32 Å². The molecule has 8 heteroatoms. The molecule has 1 aromatic carbocycles. The van der Waals surface area contributed by atoms with E-state index in [9.17, 15) is 4.79 Å². The summed E-state index contributed by atoms with van der Waals surface area (Å²) in [6.07, 6.45) is 0. The maximum atomic E-state index is 12.8. The number of nitrogens with one attached hydrogen (secondary N) is 1. The van der Waals surface area contributed by atoms with Crippen LogP contribution in [-0.2, 0) is 12.1 Å². The van der Waals surface area contributed by atoms with Gasteiger partial charge in [-0.25, -0.2) is 9.67 Å². The smallest absolute Gasteiger partial charge is 0.268 e. The predicted molar refractivity (Wildman–Crippen MR) is 113 cm³/mol. The SMILES string of the molecule is Cc1cc(NC(=O)c2sc(COc3ccc(Cl)cc3)nc2C)n(C(C)(C)C)n1.